The summed E-state index contributed by atoms with van der Waals surface area (Å²) in [5.74, 6) is 2.78. The van der Waals surface area contributed by atoms with Crippen LogP contribution in [0.2, 0.25) is 0 Å². The average molecular weight is 209 g/mol. The van der Waals surface area contributed by atoms with Gasteiger partial charge in [-0.2, -0.15) is 0 Å². The Morgan fingerprint density at radius 1 is 0.933 bits per heavy atom. The predicted molar refractivity (Wildman–Crippen MR) is 65.9 cm³/mol. The van der Waals surface area contributed by atoms with Crippen molar-refractivity contribution in [3.05, 3.63) is 0 Å². The summed E-state index contributed by atoms with van der Waals surface area (Å²) in [5.41, 5.74) is 0.390. The summed E-state index contributed by atoms with van der Waals surface area (Å²) in [4.78, 5) is 0. The number of nitrogens with one attached hydrogen (secondary N) is 1. The normalized spacial score (nSPS) is 38.0. The molecule has 0 aromatic carbocycles. The molecule has 2 atom stereocenters. The highest BCUT2D eigenvalue weighted by Gasteiger charge is 2.39. The Hall–Kier alpha value is -0.0400. The van der Waals surface area contributed by atoms with E-state index in [1.165, 1.54) is 32.1 Å². The molecular formula is C14H27N. The lowest BCUT2D eigenvalue weighted by atomic mass is 9.79. The van der Waals surface area contributed by atoms with Crippen LogP contribution in [0.1, 0.15) is 59.8 Å². The van der Waals surface area contributed by atoms with E-state index in [1.54, 1.807) is 0 Å². The van der Waals surface area contributed by atoms with Gasteiger partial charge >= 0.3 is 0 Å². The summed E-state index contributed by atoms with van der Waals surface area (Å²) >= 11 is 0. The maximum atomic E-state index is 3.92. The van der Waals surface area contributed by atoms with Crippen molar-refractivity contribution < 1.29 is 0 Å². The van der Waals surface area contributed by atoms with Gasteiger partial charge in [0, 0.05) is 11.6 Å². The molecule has 88 valence electrons. The second kappa shape index (κ2) is 4.08. The van der Waals surface area contributed by atoms with Crippen molar-refractivity contribution in [2.75, 3.05) is 0 Å². The van der Waals surface area contributed by atoms with Gasteiger partial charge in [-0.15, -0.1) is 0 Å². The van der Waals surface area contributed by atoms with E-state index in [9.17, 15) is 0 Å². The van der Waals surface area contributed by atoms with Crippen molar-refractivity contribution in [1.82, 2.24) is 5.32 Å². The van der Waals surface area contributed by atoms with Crippen molar-refractivity contribution in [2.24, 2.45) is 17.8 Å². The molecule has 0 spiro atoms. The smallest absolute Gasteiger partial charge is 0.0155 e. The van der Waals surface area contributed by atoms with Gasteiger partial charge in [-0.25, -0.2) is 0 Å². The molecule has 2 aliphatic rings. The monoisotopic (exact) mass is 209 g/mol. The zero-order valence-electron chi connectivity index (χ0n) is 10.8. The van der Waals surface area contributed by atoms with E-state index in [4.69, 9.17) is 0 Å². The summed E-state index contributed by atoms with van der Waals surface area (Å²) < 4.78 is 0. The van der Waals surface area contributed by atoms with Crippen LogP contribution in [-0.2, 0) is 0 Å². The molecule has 2 aliphatic carbocycles. The first-order valence-electron chi connectivity index (χ1n) is 6.75. The van der Waals surface area contributed by atoms with Crippen LogP contribution in [0.5, 0.6) is 0 Å². The van der Waals surface area contributed by atoms with Gasteiger partial charge in [0.15, 0.2) is 0 Å². The van der Waals surface area contributed by atoms with Crippen LogP contribution >= 0.6 is 0 Å². The summed E-state index contributed by atoms with van der Waals surface area (Å²) in [7, 11) is 0. The molecule has 0 saturated heterocycles. The molecule has 2 fully saturated rings. The molecule has 0 radical (unpaired) electrons. The lowest BCUT2D eigenvalue weighted by Crippen LogP contribution is -2.49. The van der Waals surface area contributed by atoms with E-state index >= 15 is 0 Å². The second-order valence-electron chi connectivity index (χ2n) is 6.75. The molecule has 1 heteroatoms. The van der Waals surface area contributed by atoms with Crippen LogP contribution in [0.3, 0.4) is 0 Å². The molecule has 0 aromatic rings. The molecule has 1 N–H and O–H groups in total. The molecular weight excluding hydrogens is 182 g/mol. The fourth-order valence-corrected chi connectivity index (χ4v) is 3.51. The molecule has 0 bridgehead atoms. The molecule has 2 unspecified atom stereocenters. The summed E-state index contributed by atoms with van der Waals surface area (Å²) in [6.07, 6.45) is 7.10. The summed E-state index contributed by atoms with van der Waals surface area (Å²) in [5, 5.41) is 3.92. The van der Waals surface area contributed by atoms with Crippen molar-refractivity contribution in [2.45, 2.75) is 71.4 Å². The molecule has 0 aromatic heterocycles. The lowest BCUT2D eigenvalue weighted by molar-refractivity contribution is 0.190. The zero-order chi connectivity index (χ0) is 11.1. The topological polar surface area (TPSA) is 12.0 Å². The minimum Gasteiger partial charge on any atom is -0.309 e. The van der Waals surface area contributed by atoms with Crippen LogP contribution in [-0.4, -0.2) is 11.6 Å². The average Bonchev–Trinajstić information content (AvgIpc) is 2.80. The maximum absolute atomic E-state index is 3.92. The minimum atomic E-state index is 0.390. The second-order valence-corrected chi connectivity index (χ2v) is 6.75. The fourth-order valence-electron chi connectivity index (χ4n) is 3.51. The first-order valence-corrected chi connectivity index (χ1v) is 6.75. The van der Waals surface area contributed by atoms with Gasteiger partial charge in [-0.3, -0.25) is 0 Å². The van der Waals surface area contributed by atoms with Gasteiger partial charge in [0.2, 0.25) is 0 Å². The maximum Gasteiger partial charge on any atom is 0.0155 e. The summed E-state index contributed by atoms with van der Waals surface area (Å²) in [6, 6.07) is 0.777. The van der Waals surface area contributed by atoms with Crippen molar-refractivity contribution in [1.29, 1.82) is 0 Å². The SMILES string of the molecule is CC1CC(C)CC(NC(C)(C)C2CC2)C1. The molecule has 0 aliphatic heterocycles. The van der Waals surface area contributed by atoms with Crippen LogP contribution in [0, 0.1) is 17.8 Å². The number of hydrogen-bond donors (Lipinski definition) is 1. The highest BCUT2D eigenvalue weighted by molar-refractivity contribution is 4.97. The minimum absolute atomic E-state index is 0.390. The van der Waals surface area contributed by atoms with Crippen LogP contribution in [0.15, 0.2) is 0 Å². The molecule has 2 rings (SSSR count). The highest BCUT2D eigenvalue weighted by Crippen LogP contribution is 2.40. The van der Waals surface area contributed by atoms with Crippen LogP contribution in [0.25, 0.3) is 0 Å². The Morgan fingerprint density at radius 2 is 1.47 bits per heavy atom. The fraction of sp³-hybridized carbons (Fsp3) is 1.00. The van der Waals surface area contributed by atoms with E-state index in [2.05, 4.69) is 33.0 Å². The molecule has 0 amide bonds. The van der Waals surface area contributed by atoms with E-state index in [-0.39, 0.29) is 0 Å². The van der Waals surface area contributed by atoms with Crippen molar-refractivity contribution in [3.8, 4) is 0 Å². The van der Waals surface area contributed by atoms with Gasteiger partial charge in [0.05, 0.1) is 0 Å². The van der Waals surface area contributed by atoms with Gasteiger partial charge in [-0.1, -0.05) is 13.8 Å². The predicted octanol–water partition coefficient (Wildman–Crippen LogP) is 3.59. The Morgan fingerprint density at radius 3 is 1.93 bits per heavy atom. The zero-order valence-corrected chi connectivity index (χ0v) is 10.8. The molecule has 1 nitrogen and oxygen atoms in total. The summed E-state index contributed by atoms with van der Waals surface area (Å²) in [6.45, 7) is 9.62. The molecule has 15 heavy (non-hydrogen) atoms. The van der Waals surface area contributed by atoms with Crippen LogP contribution < -0.4 is 5.32 Å². The Kier molecular flexibility index (Phi) is 3.12. The Labute approximate surface area is 95.0 Å². The molecule has 0 heterocycles. The largest absolute Gasteiger partial charge is 0.309 e. The first kappa shape index (κ1) is 11.4. The highest BCUT2D eigenvalue weighted by atomic mass is 15.0. The standard InChI is InChI=1S/C14H27N/c1-10-7-11(2)9-13(8-10)15-14(3,4)12-5-6-12/h10-13,15H,5-9H2,1-4H3. The first-order chi connectivity index (χ1) is 6.97. The Bertz CT molecular complexity index is 207. The van der Waals surface area contributed by atoms with E-state index in [0.29, 0.717) is 5.54 Å². The third-order valence-corrected chi connectivity index (χ3v) is 4.35. The van der Waals surface area contributed by atoms with Gasteiger partial charge in [-0.05, 0) is 63.7 Å². The quantitative estimate of drug-likeness (QED) is 0.749. The third-order valence-electron chi connectivity index (χ3n) is 4.35. The third kappa shape index (κ3) is 2.96. The van der Waals surface area contributed by atoms with Gasteiger partial charge in [0.1, 0.15) is 0 Å². The number of hydrogen-bond acceptors (Lipinski definition) is 1. The molecule has 2 saturated carbocycles. The van der Waals surface area contributed by atoms with Gasteiger partial charge in [0.25, 0.3) is 0 Å². The number of rotatable bonds is 3. The van der Waals surface area contributed by atoms with E-state index in [1.807, 2.05) is 0 Å². The van der Waals surface area contributed by atoms with Crippen molar-refractivity contribution >= 4 is 0 Å². The van der Waals surface area contributed by atoms with Crippen LogP contribution in [0.4, 0.5) is 0 Å². The lowest BCUT2D eigenvalue weighted by Gasteiger charge is -2.38. The van der Waals surface area contributed by atoms with Crippen molar-refractivity contribution in [3.63, 3.8) is 0 Å². The van der Waals surface area contributed by atoms with E-state index in [0.717, 1.165) is 23.8 Å². The van der Waals surface area contributed by atoms with E-state index < -0.39 is 0 Å². The Balaban J connectivity index is 1.87. The van der Waals surface area contributed by atoms with Gasteiger partial charge < -0.3 is 5.32 Å².